The zero-order valence-electron chi connectivity index (χ0n) is 6.77. The largest absolute Gasteiger partial charge is 0.300 e. The summed E-state index contributed by atoms with van der Waals surface area (Å²) in [4.78, 5) is 11.0. The number of ketones is 1. The standard InChI is InChI=1S/C8H11Cl2FO/c1-4(12)5-2-8(11)7(10)3-6(5)9/h5-8H,2-3H2,1H3. The van der Waals surface area contributed by atoms with Crippen LogP contribution < -0.4 is 0 Å². The van der Waals surface area contributed by atoms with E-state index in [4.69, 9.17) is 23.2 Å². The molecule has 0 aromatic rings. The van der Waals surface area contributed by atoms with Crippen LogP contribution in [0, 0.1) is 5.92 Å². The lowest BCUT2D eigenvalue weighted by Gasteiger charge is -2.30. The SMILES string of the molecule is CC(=O)C1CC(F)C(Cl)CC1Cl. The Morgan fingerprint density at radius 1 is 1.33 bits per heavy atom. The molecule has 70 valence electrons. The van der Waals surface area contributed by atoms with Gasteiger partial charge in [0.15, 0.2) is 0 Å². The van der Waals surface area contributed by atoms with E-state index in [9.17, 15) is 9.18 Å². The van der Waals surface area contributed by atoms with Gasteiger partial charge in [-0.05, 0) is 19.8 Å². The topological polar surface area (TPSA) is 17.1 Å². The van der Waals surface area contributed by atoms with Crippen molar-refractivity contribution in [2.24, 2.45) is 5.92 Å². The second-order valence-electron chi connectivity index (χ2n) is 3.24. The smallest absolute Gasteiger partial charge is 0.134 e. The minimum Gasteiger partial charge on any atom is -0.300 e. The predicted octanol–water partition coefficient (Wildman–Crippen LogP) is 2.54. The van der Waals surface area contributed by atoms with Crippen LogP contribution in [-0.4, -0.2) is 22.7 Å². The Kier molecular flexibility index (Phi) is 3.36. The van der Waals surface area contributed by atoms with E-state index < -0.39 is 11.5 Å². The van der Waals surface area contributed by atoms with E-state index in [1.807, 2.05) is 0 Å². The molecule has 4 heteroatoms. The molecule has 0 N–H and O–H groups in total. The van der Waals surface area contributed by atoms with Crippen LogP contribution in [0.4, 0.5) is 4.39 Å². The van der Waals surface area contributed by atoms with Gasteiger partial charge in [0.2, 0.25) is 0 Å². The number of alkyl halides is 3. The van der Waals surface area contributed by atoms with Crippen molar-refractivity contribution >= 4 is 29.0 Å². The lowest BCUT2D eigenvalue weighted by atomic mass is 9.85. The Bertz CT molecular complexity index is 186. The van der Waals surface area contributed by atoms with Gasteiger partial charge in [0.1, 0.15) is 12.0 Å². The summed E-state index contributed by atoms with van der Waals surface area (Å²) in [5.41, 5.74) is 0. The monoisotopic (exact) mass is 212 g/mol. The third-order valence-electron chi connectivity index (χ3n) is 2.28. The third kappa shape index (κ3) is 2.11. The first-order valence-corrected chi connectivity index (χ1v) is 4.82. The van der Waals surface area contributed by atoms with E-state index >= 15 is 0 Å². The van der Waals surface area contributed by atoms with Crippen LogP contribution in [0.15, 0.2) is 0 Å². The van der Waals surface area contributed by atoms with Crippen LogP contribution in [0.2, 0.25) is 0 Å². The van der Waals surface area contributed by atoms with E-state index in [0.29, 0.717) is 6.42 Å². The maximum Gasteiger partial charge on any atom is 0.134 e. The molecule has 1 aliphatic rings. The van der Waals surface area contributed by atoms with Gasteiger partial charge in [-0.25, -0.2) is 4.39 Å². The molecule has 1 rings (SSSR count). The quantitative estimate of drug-likeness (QED) is 0.611. The van der Waals surface area contributed by atoms with Crippen LogP contribution in [0.5, 0.6) is 0 Å². The second-order valence-corrected chi connectivity index (χ2v) is 4.36. The summed E-state index contributed by atoms with van der Waals surface area (Å²) in [5, 5.41) is -0.819. The summed E-state index contributed by atoms with van der Waals surface area (Å²) in [6.07, 6.45) is -0.526. The van der Waals surface area contributed by atoms with Gasteiger partial charge in [0, 0.05) is 11.3 Å². The molecule has 1 saturated carbocycles. The average Bonchev–Trinajstić information content (AvgIpc) is 1.96. The first-order valence-electron chi connectivity index (χ1n) is 3.95. The minimum absolute atomic E-state index is 0.0405. The van der Waals surface area contributed by atoms with Crippen molar-refractivity contribution in [2.75, 3.05) is 0 Å². The van der Waals surface area contributed by atoms with Crippen LogP contribution in [0.25, 0.3) is 0 Å². The zero-order chi connectivity index (χ0) is 9.30. The minimum atomic E-state index is -1.09. The molecule has 0 saturated heterocycles. The average molecular weight is 213 g/mol. The molecule has 1 nitrogen and oxygen atoms in total. The van der Waals surface area contributed by atoms with Crippen molar-refractivity contribution in [3.8, 4) is 0 Å². The molecule has 0 spiro atoms. The number of hydrogen-bond acceptors (Lipinski definition) is 1. The van der Waals surface area contributed by atoms with E-state index in [1.54, 1.807) is 0 Å². The fourth-order valence-electron chi connectivity index (χ4n) is 1.49. The number of Topliss-reactive ketones (excluding diaryl/α,β-unsaturated/α-hetero) is 1. The molecule has 12 heavy (non-hydrogen) atoms. The molecule has 4 unspecified atom stereocenters. The van der Waals surface area contributed by atoms with Gasteiger partial charge < -0.3 is 0 Å². The molecule has 0 aliphatic heterocycles. The number of halogens is 3. The lowest BCUT2D eigenvalue weighted by molar-refractivity contribution is -0.122. The van der Waals surface area contributed by atoms with Crippen molar-refractivity contribution in [1.82, 2.24) is 0 Å². The van der Waals surface area contributed by atoms with Gasteiger partial charge in [-0.1, -0.05) is 0 Å². The molecule has 4 atom stereocenters. The lowest BCUT2D eigenvalue weighted by Crippen LogP contribution is -2.37. The Morgan fingerprint density at radius 2 is 1.92 bits per heavy atom. The normalized spacial score (nSPS) is 42.7. The van der Waals surface area contributed by atoms with Crippen molar-refractivity contribution < 1.29 is 9.18 Å². The van der Waals surface area contributed by atoms with Crippen molar-refractivity contribution in [2.45, 2.75) is 36.7 Å². The van der Waals surface area contributed by atoms with E-state index in [1.165, 1.54) is 6.92 Å². The summed E-state index contributed by atoms with van der Waals surface area (Å²) in [6.45, 7) is 1.45. The summed E-state index contributed by atoms with van der Waals surface area (Å²) < 4.78 is 13.0. The van der Waals surface area contributed by atoms with Crippen LogP contribution in [0.3, 0.4) is 0 Å². The summed E-state index contributed by atoms with van der Waals surface area (Å²) in [7, 11) is 0. The maximum absolute atomic E-state index is 13.0. The summed E-state index contributed by atoms with van der Waals surface area (Å²) in [6, 6.07) is 0. The number of rotatable bonds is 1. The Labute approximate surface area is 81.2 Å². The van der Waals surface area contributed by atoms with Gasteiger partial charge in [0.25, 0.3) is 0 Å². The number of carbonyl (C=O) groups is 1. The first kappa shape index (κ1) is 10.3. The summed E-state index contributed by atoms with van der Waals surface area (Å²) in [5.74, 6) is -0.391. The Hall–Kier alpha value is 0.180. The van der Waals surface area contributed by atoms with Crippen molar-refractivity contribution in [3.63, 3.8) is 0 Å². The van der Waals surface area contributed by atoms with E-state index in [-0.39, 0.29) is 23.5 Å². The predicted molar refractivity (Wildman–Crippen MR) is 47.6 cm³/mol. The third-order valence-corrected chi connectivity index (χ3v) is 3.21. The molecular formula is C8H11Cl2FO. The van der Waals surface area contributed by atoms with E-state index in [0.717, 1.165) is 0 Å². The molecule has 1 fully saturated rings. The van der Waals surface area contributed by atoms with Crippen molar-refractivity contribution in [1.29, 1.82) is 0 Å². The Morgan fingerprint density at radius 3 is 2.42 bits per heavy atom. The first-order chi connectivity index (χ1) is 5.52. The zero-order valence-corrected chi connectivity index (χ0v) is 8.28. The molecule has 0 aromatic heterocycles. The maximum atomic E-state index is 13.0. The van der Waals surface area contributed by atoms with Crippen LogP contribution >= 0.6 is 23.2 Å². The van der Waals surface area contributed by atoms with Gasteiger partial charge in [0.05, 0.1) is 5.38 Å². The molecule has 0 radical (unpaired) electrons. The highest BCUT2D eigenvalue weighted by Gasteiger charge is 2.37. The van der Waals surface area contributed by atoms with Crippen LogP contribution in [-0.2, 0) is 4.79 Å². The molecule has 0 amide bonds. The van der Waals surface area contributed by atoms with Crippen molar-refractivity contribution in [3.05, 3.63) is 0 Å². The highest BCUT2D eigenvalue weighted by Crippen LogP contribution is 2.34. The fraction of sp³-hybridized carbons (Fsp3) is 0.875. The van der Waals surface area contributed by atoms with Gasteiger partial charge in [-0.2, -0.15) is 0 Å². The van der Waals surface area contributed by atoms with E-state index in [2.05, 4.69) is 0 Å². The molecule has 0 heterocycles. The van der Waals surface area contributed by atoms with Gasteiger partial charge >= 0.3 is 0 Å². The second kappa shape index (κ2) is 3.93. The summed E-state index contributed by atoms with van der Waals surface area (Å²) >= 11 is 11.5. The highest BCUT2D eigenvalue weighted by molar-refractivity contribution is 6.25. The molecule has 0 bridgehead atoms. The number of hydrogen-bond donors (Lipinski definition) is 0. The van der Waals surface area contributed by atoms with Gasteiger partial charge in [-0.3, -0.25) is 4.79 Å². The molecule has 1 aliphatic carbocycles. The molecular weight excluding hydrogens is 202 g/mol. The van der Waals surface area contributed by atoms with Gasteiger partial charge in [-0.15, -0.1) is 23.2 Å². The highest BCUT2D eigenvalue weighted by atomic mass is 35.5. The number of carbonyl (C=O) groups excluding carboxylic acids is 1. The fourth-order valence-corrected chi connectivity index (χ4v) is 2.34. The van der Waals surface area contributed by atoms with Crippen LogP contribution in [0.1, 0.15) is 19.8 Å². The Balaban J connectivity index is 2.61. The molecule has 0 aromatic carbocycles.